The zero-order valence-corrected chi connectivity index (χ0v) is 11.1. The minimum absolute atomic E-state index is 0.243. The standard InChI is InChI=1S/C14H20O5/c1-17-13(16)9-7-10(15)12-11(8-9)18-14(19-12)5-3-2-4-6-14/h7,10-12,15H,2-6,8H2,1H3/t10-,11+,12-/m0/s1. The van der Waals surface area contributed by atoms with E-state index in [9.17, 15) is 9.90 Å². The van der Waals surface area contributed by atoms with E-state index in [1.54, 1.807) is 0 Å². The first-order chi connectivity index (χ1) is 9.13. The first-order valence-corrected chi connectivity index (χ1v) is 6.96. The number of esters is 1. The van der Waals surface area contributed by atoms with Crippen molar-refractivity contribution >= 4 is 5.97 Å². The van der Waals surface area contributed by atoms with Gasteiger partial charge in [0.05, 0.1) is 13.2 Å². The van der Waals surface area contributed by atoms with E-state index in [1.165, 1.54) is 19.6 Å². The van der Waals surface area contributed by atoms with E-state index in [2.05, 4.69) is 0 Å². The Kier molecular flexibility index (Phi) is 3.37. The number of rotatable bonds is 1. The summed E-state index contributed by atoms with van der Waals surface area (Å²) >= 11 is 0. The van der Waals surface area contributed by atoms with Gasteiger partial charge < -0.3 is 19.3 Å². The minimum Gasteiger partial charge on any atom is -0.466 e. The summed E-state index contributed by atoms with van der Waals surface area (Å²) in [5.74, 6) is -0.931. The number of hydrogen-bond acceptors (Lipinski definition) is 5. The van der Waals surface area contributed by atoms with Crippen LogP contribution in [-0.4, -0.2) is 42.3 Å². The summed E-state index contributed by atoms with van der Waals surface area (Å²) in [6.07, 6.45) is 5.74. The predicted molar refractivity (Wildman–Crippen MR) is 66.3 cm³/mol. The van der Waals surface area contributed by atoms with Gasteiger partial charge in [0, 0.05) is 24.8 Å². The molecule has 2 aliphatic carbocycles. The molecule has 1 spiro atoms. The molecule has 0 aromatic heterocycles. The van der Waals surface area contributed by atoms with Crippen molar-refractivity contribution in [2.75, 3.05) is 7.11 Å². The molecule has 2 fully saturated rings. The van der Waals surface area contributed by atoms with Crippen LogP contribution in [0.4, 0.5) is 0 Å². The van der Waals surface area contributed by atoms with Gasteiger partial charge in [-0.2, -0.15) is 0 Å². The zero-order chi connectivity index (χ0) is 13.5. The van der Waals surface area contributed by atoms with Gasteiger partial charge in [0.15, 0.2) is 5.79 Å². The van der Waals surface area contributed by atoms with Gasteiger partial charge in [-0.1, -0.05) is 6.42 Å². The van der Waals surface area contributed by atoms with Crippen LogP contribution < -0.4 is 0 Å². The van der Waals surface area contributed by atoms with Crippen molar-refractivity contribution in [2.24, 2.45) is 0 Å². The summed E-state index contributed by atoms with van der Waals surface area (Å²) in [5, 5.41) is 10.1. The quantitative estimate of drug-likeness (QED) is 0.726. The molecule has 0 unspecified atom stereocenters. The van der Waals surface area contributed by atoms with Gasteiger partial charge in [0.25, 0.3) is 0 Å². The molecule has 0 amide bonds. The summed E-state index contributed by atoms with van der Waals surface area (Å²) < 4.78 is 16.8. The van der Waals surface area contributed by atoms with E-state index in [-0.39, 0.29) is 12.2 Å². The topological polar surface area (TPSA) is 65.0 Å². The molecule has 19 heavy (non-hydrogen) atoms. The highest BCUT2D eigenvalue weighted by Crippen LogP contribution is 2.44. The van der Waals surface area contributed by atoms with Crippen molar-refractivity contribution in [3.8, 4) is 0 Å². The van der Waals surface area contributed by atoms with Gasteiger partial charge in [-0.25, -0.2) is 4.79 Å². The molecule has 1 heterocycles. The monoisotopic (exact) mass is 268 g/mol. The van der Waals surface area contributed by atoms with Crippen molar-refractivity contribution in [2.45, 2.75) is 62.6 Å². The highest BCUT2D eigenvalue weighted by Gasteiger charge is 2.51. The lowest BCUT2D eigenvalue weighted by Gasteiger charge is -2.32. The normalized spacial score (nSPS) is 36.7. The Morgan fingerprint density at radius 1 is 1.37 bits per heavy atom. The Morgan fingerprint density at radius 2 is 2.11 bits per heavy atom. The van der Waals surface area contributed by atoms with E-state index >= 15 is 0 Å². The third-order valence-electron chi connectivity index (χ3n) is 4.28. The molecule has 5 nitrogen and oxygen atoms in total. The molecule has 106 valence electrons. The van der Waals surface area contributed by atoms with Crippen LogP contribution >= 0.6 is 0 Å². The average molecular weight is 268 g/mol. The summed E-state index contributed by atoms with van der Waals surface area (Å²) in [6, 6.07) is 0. The van der Waals surface area contributed by atoms with Gasteiger partial charge in [-0.15, -0.1) is 0 Å². The lowest BCUT2D eigenvalue weighted by Crippen LogP contribution is -2.39. The summed E-state index contributed by atoms with van der Waals surface area (Å²) in [5.41, 5.74) is 0.479. The Morgan fingerprint density at radius 3 is 2.79 bits per heavy atom. The van der Waals surface area contributed by atoms with Gasteiger partial charge >= 0.3 is 5.97 Å². The fraction of sp³-hybridized carbons (Fsp3) is 0.786. The first-order valence-electron chi connectivity index (χ1n) is 6.96. The lowest BCUT2D eigenvalue weighted by atomic mass is 9.92. The van der Waals surface area contributed by atoms with Crippen LogP contribution in [0.2, 0.25) is 0 Å². The Bertz CT molecular complexity index is 397. The molecule has 0 radical (unpaired) electrons. The number of aliphatic hydroxyl groups is 1. The zero-order valence-electron chi connectivity index (χ0n) is 11.1. The number of aliphatic hydroxyl groups excluding tert-OH is 1. The first kappa shape index (κ1) is 13.1. The largest absolute Gasteiger partial charge is 0.466 e. The second-order valence-electron chi connectivity index (χ2n) is 5.59. The number of methoxy groups -OCH3 is 1. The van der Waals surface area contributed by atoms with Gasteiger partial charge in [0.1, 0.15) is 12.2 Å². The van der Waals surface area contributed by atoms with E-state index in [4.69, 9.17) is 14.2 Å². The molecule has 3 atom stereocenters. The van der Waals surface area contributed by atoms with Crippen molar-refractivity contribution < 1.29 is 24.1 Å². The third kappa shape index (κ3) is 2.30. The second-order valence-corrected chi connectivity index (χ2v) is 5.59. The maximum atomic E-state index is 11.6. The van der Waals surface area contributed by atoms with Crippen LogP contribution in [-0.2, 0) is 19.0 Å². The van der Waals surface area contributed by atoms with Crippen LogP contribution in [0, 0.1) is 0 Å². The lowest BCUT2D eigenvalue weighted by molar-refractivity contribution is -0.197. The van der Waals surface area contributed by atoms with Gasteiger partial charge in [0.2, 0.25) is 0 Å². The van der Waals surface area contributed by atoms with Crippen molar-refractivity contribution in [1.29, 1.82) is 0 Å². The summed E-state index contributed by atoms with van der Waals surface area (Å²) in [4.78, 5) is 11.6. The van der Waals surface area contributed by atoms with Crippen molar-refractivity contribution in [3.63, 3.8) is 0 Å². The molecule has 3 rings (SSSR count). The fourth-order valence-electron chi connectivity index (χ4n) is 3.34. The van der Waals surface area contributed by atoms with E-state index in [1.807, 2.05) is 0 Å². The molecule has 0 aromatic rings. The number of ether oxygens (including phenoxy) is 3. The highest BCUT2D eigenvalue weighted by atomic mass is 16.8. The number of fused-ring (bicyclic) bond motifs is 1. The number of carbonyl (C=O) groups is 1. The van der Waals surface area contributed by atoms with Crippen LogP contribution in [0.1, 0.15) is 38.5 Å². The fourth-order valence-corrected chi connectivity index (χ4v) is 3.34. The molecule has 1 aliphatic heterocycles. The molecule has 3 aliphatic rings. The van der Waals surface area contributed by atoms with Gasteiger partial charge in [-0.3, -0.25) is 0 Å². The highest BCUT2D eigenvalue weighted by molar-refractivity contribution is 5.88. The molecule has 1 saturated heterocycles. The average Bonchev–Trinajstić information content (AvgIpc) is 2.77. The van der Waals surface area contributed by atoms with Crippen LogP contribution in [0.15, 0.2) is 11.6 Å². The van der Waals surface area contributed by atoms with E-state index in [0.717, 1.165) is 25.7 Å². The molecule has 0 aromatic carbocycles. The van der Waals surface area contributed by atoms with E-state index < -0.39 is 17.9 Å². The van der Waals surface area contributed by atoms with Crippen LogP contribution in [0.25, 0.3) is 0 Å². The predicted octanol–water partition coefficient (Wildman–Crippen LogP) is 1.29. The summed E-state index contributed by atoms with van der Waals surface area (Å²) in [6.45, 7) is 0. The van der Waals surface area contributed by atoms with Gasteiger partial charge in [-0.05, 0) is 18.9 Å². The van der Waals surface area contributed by atoms with Crippen LogP contribution in [0.5, 0.6) is 0 Å². The maximum Gasteiger partial charge on any atom is 0.333 e. The Balaban J connectivity index is 1.75. The SMILES string of the molecule is COC(=O)C1=C[C@H](O)[C@@H]2OC3(CCCCC3)O[C@@H]2C1. The third-order valence-corrected chi connectivity index (χ3v) is 4.28. The van der Waals surface area contributed by atoms with Crippen molar-refractivity contribution in [3.05, 3.63) is 11.6 Å². The second kappa shape index (κ2) is 4.89. The Labute approximate surface area is 112 Å². The number of hydrogen-bond donors (Lipinski definition) is 1. The number of carbonyl (C=O) groups excluding carboxylic acids is 1. The van der Waals surface area contributed by atoms with Crippen molar-refractivity contribution in [1.82, 2.24) is 0 Å². The minimum atomic E-state index is -0.797. The Hall–Kier alpha value is -0.910. The molecule has 1 saturated carbocycles. The van der Waals surface area contributed by atoms with Crippen LogP contribution in [0.3, 0.4) is 0 Å². The smallest absolute Gasteiger partial charge is 0.333 e. The maximum absolute atomic E-state index is 11.6. The molecule has 5 heteroatoms. The molecule has 1 N–H and O–H groups in total. The van der Waals surface area contributed by atoms with E-state index in [0.29, 0.717) is 12.0 Å². The summed E-state index contributed by atoms with van der Waals surface area (Å²) in [7, 11) is 1.34. The molecule has 0 bridgehead atoms. The molecular formula is C14H20O5. The molecular weight excluding hydrogens is 248 g/mol.